The third kappa shape index (κ3) is 3.63. The van der Waals surface area contributed by atoms with E-state index in [9.17, 15) is 0 Å². The zero-order valence-corrected chi connectivity index (χ0v) is 11.2. The van der Waals surface area contributed by atoms with Crippen molar-refractivity contribution in [2.24, 2.45) is 0 Å². The molecule has 0 unspecified atom stereocenters. The van der Waals surface area contributed by atoms with Crippen molar-refractivity contribution in [2.45, 2.75) is 39.5 Å². The Bertz CT molecular complexity index is 369. The predicted octanol–water partition coefficient (Wildman–Crippen LogP) is 2.05. The molecular formula is C12H18ClN3O. The van der Waals surface area contributed by atoms with Gasteiger partial charge in [0.2, 0.25) is 0 Å². The molecular weight excluding hydrogens is 238 g/mol. The number of hydrogen-bond donors (Lipinski definition) is 0. The number of ether oxygens (including phenoxy) is 1. The molecule has 4 nitrogen and oxygen atoms in total. The minimum Gasteiger partial charge on any atom is -0.373 e. The lowest BCUT2D eigenvalue weighted by atomic mass is 10.2. The molecule has 0 bridgehead atoms. The first-order valence-corrected chi connectivity index (χ1v) is 6.28. The Morgan fingerprint density at radius 2 is 2.00 bits per heavy atom. The van der Waals surface area contributed by atoms with Gasteiger partial charge in [0.15, 0.2) is 0 Å². The highest BCUT2D eigenvalue weighted by molar-refractivity contribution is 6.29. The van der Waals surface area contributed by atoms with E-state index in [1.165, 1.54) is 0 Å². The molecule has 1 fully saturated rings. The van der Waals surface area contributed by atoms with E-state index < -0.39 is 0 Å². The van der Waals surface area contributed by atoms with Crippen LogP contribution in [-0.2, 0) is 11.3 Å². The van der Waals surface area contributed by atoms with E-state index in [-0.39, 0.29) is 12.2 Å². The van der Waals surface area contributed by atoms with Crippen LogP contribution in [0.5, 0.6) is 0 Å². The third-order valence-corrected chi connectivity index (χ3v) is 2.92. The summed E-state index contributed by atoms with van der Waals surface area (Å²) in [4.78, 5) is 11.0. The van der Waals surface area contributed by atoms with Crippen molar-refractivity contribution >= 4 is 11.6 Å². The Morgan fingerprint density at radius 1 is 1.35 bits per heavy atom. The fourth-order valence-corrected chi connectivity index (χ4v) is 2.53. The first-order valence-electron chi connectivity index (χ1n) is 5.91. The average molecular weight is 256 g/mol. The van der Waals surface area contributed by atoms with Gasteiger partial charge in [-0.1, -0.05) is 11.6 Å². The molecule has 0 aromatic carbocycles. The molecule has 5 heteroatoms. The lowest BCUT2D eigenvalue weighted by Gasteiger charge is -2.34. The van der Waals surface area contributed by atoms with Gasteiger partial charge in [0, 0.05) is 18.8 Å². The van der Waals surface area contributed by atoms with Crippen molar-refractivity contribution in [2.75, 3.05) is 13.1 Å². The molecule has 2 heterocycles. The summed E-state index contributed by atoms with van der Waals surface area (Å²) in [5, 5.41) is 0.516. The normalized spacial score (nSPS) is 26.1. The SMILES string of the molecule is Cc1cc(Cl)nc(CN2C[C@@H](C)O[C@@H](C)C2)n1. The molecule has 0 spiro atoms. The molecule has 0 aliphatic carbocycles. The van der Waals surface area contributed by atoms with E-state index in [0.717, 1.165) is 31.2 Å². The van der Waals surface area contributed by atoms with Crippen molar-refractivity contribution < 1.29 is 4.74 Å². The highest BCUT2D eigenvalue weighted by atomic mass is 35.5. The van der Waals surface area contributed by atoms with E-state index >= 15 is 0 Å². The van der Waals surface area contributed by atoms with Crippen LogP contribution in [-0.4, -0.2) is 40.2 Å². The fraction of sp³-hybridized carbons (Fsp3) is 0.667. The Morgan fingerprint density at radius 3 is 2.59 bits per heavy atom. The zero-order valence-electron chi connectivity index (χ0n) is 10.5. The van der Waals surface area contributed by atoms with Crippen molar-refractivity contribution in [1.29, 1.82) is 0 Å². The number of halogens is 1. The number of rotatable bonds is 2. The van der Waals surface area contributed by atoms with E-state index in [2.05, 4.69) is 28.7 Å². The number of nitrogens with zero attached hydrogens (tertiary/aromatic N) is 3. The quantitative estimate of drug-likeness (QED) is 0.758. The van der Waals surface area contributed by atoms with Gasteiger partial charge in [-0.15, -0.1) is 0 Å². The van der Waals surface area contributed by atoms with E-state index in [1.54, 1.807) is 6.07 Å². The molecule has 1 aromatic heterocycles. The standard InChI is InChI=1S/C12H18ClN3O/c1-8-4-11(13)15-12(14-8)7-16-5-9(2)17-10(3)6-16/h4,9-10H,5-7H2,1-3H3/t9-,10+. The summed E-state index contributed by atoms with van der Waals surface area (Å²) < 4.78 is 5.69. The summed E-state index contributed by atoms with van der Waals surface area (Å²) in [6.07, 6.45) is 0.526. The molecule has 1 aliphatic heterocycles. The molecule has 0 saturated carbocycles. The highest BCUT2D eigenvalue weighted by Crippen LogP contribution is 2.14. The lowest BCUT2D eigenvalue weighted by molar-refractivity contribution is -0.0710. The smallest absolute Gasteiger partial charge is 0.144 e. The minimum absolute atomic E-state index is 0.263. The van der Waals surface area contributed by atoms with Crippen LogP contribution in [0.4, 0.5) is 0 Å². The Kier molecular flexibility index (Phi) is 3.97. The van der Waals surface area contributed by atoms with Crippen molar-refractivity contribution in [3.8, 4) is 0 Å². The summed E-state index contributed by atoms with van der Waals surface area (Å²) in [5.41, 5.74) is 0.911. The number of aromatic nitrogens is 2. The number of hydrogen-bond acceptors (Lipinski definition) is 4. The Balaban J connectivity index is 2.04. The molecule has 0 N–H and O–H groups in total. The molecule has 2 rings (SSSR count). The van der Waals surface area contributed by atoms with Crippen LogP contribution in [0.1, 0.15) is 25.4 Å². The van der Waals surface area contributed by atoms with Crippen molar-refractivity contribution in [3.63, 3.8) is 0 Å². The van der Waals surface area contributed by atoms with Crippen LogP contribution >= 0.6 is 11.6 Å². The molecule has 94 valence electrons. The molecule has 1 aromatic rings. The summed E-state index contributed by atoms with van der Waals surface area (Å²) in [7, 11) is 0. The Hall–Kier alpha value is -0.710. The van der Waals surface area contributed by atoms with Gasteiger partial charge in [-0.05, 0) is 26.8 Å². The van der Waals surface area contributed by atoms with E-state index in [1.807, 2.05) is 6.92 Å². The van der Waals surface area contributed by atoms with Gasteiger partial charge < -0.3 is 4.74 Å². The van der Waals surface area contributed by atoms with Crippen LogP contribution in [0.2, 0.25) is 5.15 Å². The van der Waals surface area contributed by atoms with Crippen LogP contribution in [0.15, 0.2) is 6.07 Å². The zero-order chi connectivity index (χ0) is 12.4. The largest absolute Gasteiger partial charge is 0.373 e. The summed E-state index contributed by atoms with van der Waals surface area (Å²) in [5.74, 6) is 0.788. The molecule has 0 radical (unpaired) electrons. The van der Waals surface area contributed by atoms with Crippen LogP contribution in [0.25, 0.3) is 0 Å². The molecule has 0 amide bonds. The maximum atomic E-state index is 5.93. The van der Waals surface area contributed by atoms with Gasteiger partial charge in [-0.2, -0.15) is 0 Å². The molecule has 1 saturated heterocycles. The maximum Gasteiger partial charge on any atom is 0.144 e. The number of morpholine rings is 1. The first-order chi connectivity index (χ1) is 8.02. The van der Waals surface area contributed by atoms with Gasteiger partial charge in [0.25, 0.3) is 0 Å². The first kappa shape index (κ1) is 12.7. The van der Waals surface area contributed by atoms with Crippen LogP contribution in [0.3, 0.4) is 0 Å². The minimum atomic E-state index is 0.263. The van der Waals surface area contributed by atoms with Gasteiger partial charge in [0.05, 0.1) is 18.8 Å². The maximum absolute atomic E-state index is 5.93. The van der Waals surface area contributed by atoms with E-state index in [4.69, 9.17) is 16.3 Å². The average Bonchev–Trinajstić information content (AvgIpc) is 2.13. The summed E-state index contributed by atoms with van der Waals surface area (Å²) in [6, 6.07) is 1.77. The Labute approximate surface area is 107 Å². The summed E-state index contributed by atoms with van der Waals surface area (Å²) in [6.45, 7) is 8.68. The van der Waals surface area contributed by atoms with Crippen LogP contribution in [0, 0.1) is 6.92 Å². The second-order valence-electron chi connectivity index (χ2n) is 4.70. The third-order valence-electron chi connectivity index (χ3n) is 2.73. The summed E-state index contributed by atoms with van der Waals surface area (Å²) >= 11 is 5.93. The fourth-order valence-electron chi connectivity index (χ4n) is 2.27. The van der Waals surface area contributed by atoms with Crippen LogP contribution < -0.4 is 0 Å². The lowest BCUT2D eigenvalue weighted by Crippen LogP contribution is -2.45. The molecule has 2 atom stereocenters. The highest BCUT2D eigenvalue weighted by Gasteiger charge is 2.22. The monoisotopic (exact) mass is 255 g/mol. The van der Waals surface area contributed by atoms with Crippen molar-refractivity contribution in [1.82, 2.24) is 14.9 Å². The van der Waals surface area contributed by atoms with Gasteiger partial charge >= 0.3 is 0 Å². The van der Waals surface area contributed by atoms with E-state index in [0.29, 0.717) is 5.15 Å². The van der Waals surface area contributed by atoms with Gasteiger partial charge in [-0.3, -0.25) is 4.90 Å². The molecule has 1 aliphatic rings. The molecule has 17 heavy (non-hydrogen) atoms. The van der Waals surface area contributed by atoms with Crippen molar-refractivity contribution in [3.05, 3.63) is 22.7 Å². The van der Waals surface area contributed by atoms with Gasteiger partial charge in [0.1, 0.15) is 11.0 Å². The predicted molar refractivity (Wildman–Crippen MR) is 67.1 cm³/mol. The topological polar surface area (TPSA) is 38.2 Å². The van der Waals surface area contributed by atoms with Gasteiger partial charge in [-0.25, -0.2) is 9.97 Å². The second kappa shape index (κ2) is 5.29. The second-order valence-corrected chi connectivity index (χ2v) is 5.09. The number of aryl methyl sites for hydroxylation is 1.